The Kier molecular flexibility index (Phi) is 9.53. The number of halogens is 2. The summed E-state index contributed by atoms with van der Waals surface area (Å²) in [7, 11) is 0. The van der Waals surface area contributed by atoms with E-state index in [0.717, 1.165) is 22.6 Å². The molecule has 222 valence electrons. The standard InChI is InChI=1S/C31H30F2N6O4/c1-17-8-9-21(38-31(43)27-14-34-18(2)13-35-27)12-24(17)19(3)23-10-11-28(42)39(29-25(32)6-5-7-26(29)33)30(23)37-20(4)36-22(15-40)16-41/h5-14,22,36,40-41H,4,15-16H2,1-3H3,(H,38,43)/b23-19+,37-30+. The van der Waals surface area contributed by atoms with Crippen molar-refractivity contribution in [3.63, 3.8) is 0 Å². The van der Waals surface area contributed by atoms with Gasteiger partial charge >= 0.3 is 0 Å². The van der Waals surface area contributed by atoms with Gasteiger partial charge in [0.25, 0.3) is 11.8 Å². The van der Waals surface area contributed by atoms with Gasteiger partial charge in [0, 0.05) is 23.5 Å². The highest BCUT2D eigenvalue weighted by Crippen LogP contribution is 2.33. The van der Waals surface area contributed by atoms with E-state index in [1.54, 1.807) is 32.0 Å². The molecule has 0 saturated heterocycles. The minimum Gasteiger partial charge on any atom is -0.394 e. The van der Waals surface area contributed by atoms with Crippen molar-refractivity contribution in [2.24, 2.45) is 4.99 Å². The van der Waals surface area contributed by atoms with Crippen LogP contribution in [0.3, 0.4) is 0 Å². The molecule has 1 aliphatic rings. The maximum atomic E-state index is 15.0. The Morgan fingerprint density at radius 3 is 2.40 bits per heavy atom. The van der Waals surface area contributed by atoms with Crippen molar-refractivity contribution in [1.29, 1.82) is 0 Å². The molecule has 4 rings (SSSR count). The van der Waals surface area contributed by atoms with Gasteiger partial charge in [-0.1, -0.05) is 18.7 Å². The molecule has 10 nitrogen and oxygen atoms in total. The minimum atomic E-state index is -0.990. The van der Waals surface area contributed by atoms with Gasteiger partial charge in [0.15, 0.2) is 0 Å². The molecule has 3 aromatic rings. The van der Waals surface area contributed by atoms with Crippen molar-refractivity contribution in [2.75, 3.05) is 23.4 Å². The molecule has 0 aliphatic carbocycles. The zero-order valence-electron chi connectivity index (χ0n) is 23.7. The van der Waals surface area contributed by atoms with Crippen molar-refractivity contribution in [2.45, 2.75) is 26.8 Å². The lowest BCUT2D eigenvalue weighted by molar-refractivity contribution is -0.113. The molecule has 1 aliphatic heterocycles. The molecule has 0 fully saturated rings. The summed E-state index contributed by atoms with van der Waals surface area (Å²) in [6.07, 6.45) is 5.50. The third-order valence-corrected chi connectivity index (χ3v) is 6.60. The molecule has 0 spiro atoms. The Bertz CT molecular complexity index is 1640. The maximum absolute atomic E-state index is 15.0. The van der Waals surface area contributed by atoms with E-state index in [1.165, 1.54) is 30.6 Å². The number of carbonyl (C=O) groups excluding carboxylic acids is 2. The van der Waals surface area contributed by atoms with Crippen LogP contribution >= 0.6 is 0 Å². The number of aryl methyl sites for hydroxylation is 2. The van der Waals surface area contributed by atoms with E-state index in [4.69, 9.17) is 0 Å². The molecule has 2 aromatic carbocycles. The second-order valence-electron chi connectivity index (χ2n) is 9.73. The Morgan fingerprint density at radius 2 is 1.77 bits per heavy atom. The number of allylic oxidation sites excluding steroid dienone is 1. The molecular weight excluding hydrogens is 558 g/mol. The van der Waals surface area contributed by atoms with Crippen LogP contribution < -0.4 is 15.5 Å². The third kappa shape index (κ3) is 6.88. The minimum absolute atomic E-state index is 0.0739. The zero-order valence-corrected chi connectivity index (χ0v) is 23.7. The molecule has 0 radical (unpaired) electrons. The van der Waals surface area contributed by atoms with Crippen LogP contribution in [0.25, 0.3) is 5.57 Å². The number of aliphatic imine (C=N–C) groups is 1. The van der Waals surface area contributed by atoms with Crippen molar-refractivity contribution in [3.8, 4) is 0 Å². The highest BCUT2D eigenvalue weighted by molar-refractivity contribution is 6.31. The van der Waals surface area contributed by atoms with Crippen LogP contribution in [0, 0.1) is 25.5 Å². The number of aromatic nitrogens is 2. The van der Waals surface area contributed by atoms with Crippen LogP contribution in [-0.2, 0) is 4.79 Å². The van der Waals surface area contributed by atoms with Crippen LogP contribution in [0.1, 0.15) is 34.2 Å². The molecule has 0 saturated carbocycles. The molecule has 2 heterocycles. The summed E-state index contributed by atoms with van der Waals surface area (Å²) in [6.45, 7) is 8.24. The smallest absolute Gasteiger partial charge is 0.275 e. The lowest BCUT2D eigenvalue weighted by atomic mass is 9.93. The second-order valence-corrected chi connectivity index (χ2v) is 9.73. The van der Waals surface area contributed by atoms with E-state index >= 15 is 8.78 Å². The van der Waals surface area contributed by atoms with E-state index in [9.17, 15) is 19.8 Å². The Labute approximate surface area is 246 Å². The predicted octanol–water partition coefficient (Wildman–Crippen LogP) is 3.81. The van der Waals surface area contributed by atoms with Crippen LogP contribution in [0.4, 0.5) is 20.2 Å². The number of hydrogen-bond donors (Lipinski definition) is 4. The first-order chi connectivity index (χ1) is 20.5. The molecule has 43 heavy (non-hydrogen) atoms. The van der Waals surface area contributed by atoms with Gasteiger partial charge in [0.1, 0.15) is 34.7 Å². The lowest BCUT2D eigenvalue weighted by Gasteiger charge is -2.29. The number of rotatable bonds is 9. The zero-order chi connectivity index (χ0) is 31.3. The Morgan fingerprint density at radius 1 is 1.07 bits per heavy atom. The van der Waals surface area contributed by atoms with Crippen LogP contribution in [0.5, 0.6) is 0 Å². The van der Waals surface area contributed by atoms with Gasteiger partial charge in [-0.3, -0.25) is 19.5 Å². The summed E-state index contributed by atoms with van der Waals surface area (Å²) in [5.74, 6) is -3.43. The van der Waals surface area contributed by atoms with Gasteiger partial charge in [-0.15, -0.1) is 0 Å². The summed E-state index contributed by atoms with van der Waals surface area (Å²) in [5, 5.41) is 24.5. The fourth-order valence-corrected chi connectivity index (χ4v) is 4.35. The third-order valence-electron chi connectivity index (χ3n) is 6.60. The average Bonchev–Trinajstić information content (AvgIpc) is 2.98. The average molecular weight is 589 g/mol. The molecular formula is C31H30F2N6O4. The number of amidine groups is 1. The van der Waals surface area contributed by atoms with Gasteiger partial charge in [-0.25, -0.2) is 18.8 Å². The number of aliphatic hydroxyl groups is 2. The van der Waals surface area contributed by atoms with E-state index in [0.29, 0.717) is 28.1 Å². The molecule has 4 N–H and O–H groups in total. The van der Waals surface area contributed by atoms with E-state index < -0.39 is 48.4 Å². The van der Waals surface area contributed by atoms with Crippen LogP contribution in [0.15, 0.2) is 83.9 Å². The van der Waals surface area contributed by atoms with Gasteiger partial charge in [-0.2, -0.15) is 0 Å². The summed E-state index contributed by atoms with van der Waals surface area (Å²) >= 11 is 0. The van der Waals surface area contributed by atoms with Crippen molar-refractivity contribution >= 4 is 34.6 Å². The summed E-state index contributed by atoms with van der Waals surface area (Å²) in [4.78, 5) is 39.3. The van der Waals surface area contributed by atoms with E-state index in [-0.39, 0.29) is 17.4 Å². The highest BCUT2D eigenvalue weighted by atomic mass is 19.1. The van der Waals surface area contributed by atoms with Gasteiger partial charge < -0.3 is 20.8 Å². The van der Waals surface area contributed by atoms with Crippen molar-refractivity contribution in [1.82, 2.24) is 15.3 Å². The summed E-state index contributed by atoms with van der Waals surface area (Å²) < 4.78 is 30.0. The molecule has 0 atom stereocenters. The first kappa shape index (κ1) is 30.9. The van der Waals surface area contributed by atoms with Crippen molar-refractivity contribution < 1.29 is 28.6 Å². The largest absolute Gasteiger partial charge is 0.394 e. The molecule has 1 aromatic heterocycles. The van der Waals surface area contributed by atoms with Gasteiger partial charge in [0.05, 0.1) is 31.1 Å². The Hall–Kier alpha value is -5.07. The fraction of sp³-hybridized carbons (Fsp3) is 0.194. The number of amides is 2. The number of carbonyl (C=O) groups is 2. The fourth-order valence-electron chi connectivity index (χ4n) is 4.35. The number of benzene rings is 2. The predicted molar refractivity (Wildman–Crippen MR) is 159 cm³/mol. The molecule has 12 heteroatoms. The molecule has 0 unspecified atom stereocenters. The van der Waals surface area contributed by atoms with Crippen LogP contribution in [0.2, 0.25) is 0 Å². The summed E-state index contributed by atoms with van der Waals surface area (Å²) in [5.41, 5.74) is 2.93. The van der Waals surface area contributed by atoms with E-state index in [2.05, 4.69) is 32.2 Å². The number of nitrogens with one attached hydrogen (secondary N) is 2. The quantitative estimate of drug-likeness (QED) is 0.298. The number of aliphatic hydroxyl groups excluding tert-OH is 2. The molecule has 0 bridgehead atoms. The van der Waals surface area contributed by atoms with Crippen LogP contribution in [-0.4, -0.2) is 57.1 Å². The number of hydrogen-bond acceptors (Lipinski definition) is 8. The number of nitrogens with zero attached hydrogens (tertiary/aromatic N) is 4. The molecule has 2 amide bonds. The monoisotopic (exact) mass is 588 g/mol. The number of para-hydroxylation sites is 1. The highest BCUT2D eigenvalue weighted by Gasteiger charge is 2.32. The lowest BCUT2D eigenvalue weighted by Crippen LogP contribution is -2.42. The van der Waals surface area contributed by atoms with Gasteiger partial charge in [-0.05, 0) is 67.8 Å². The topological polar surface area (TPSA) is 140 Å². The van der Waals surface area contributed by atoms with Crippen molar-refractivity contribution in [3.05, 3.63) is 113 Å². The normalized spacial score (nSPS) is 15.2. The SMILES string of the molecule is C=C(/N=C1\C(=C(/C)c2cc(NC(=O)c3cnc(C)cn3)ccc2C)C=CC(=O)N1c1c(F)cccc1F)NC(CO)CO. The maximum Gasteiger partial charge on any atom is 0.275 e. The first-order valence-corrected chi connectivity index (χ1v) is 13.2. The second kappa shape index (κ2) is 13.3. The summed E-state index contributed by atoms with van der Waals surface area (Å²) in [6, 6.07) is 7.61. The van der Waals surface area contributed by atoms with E-state index in [1.807, 2.05) is 6.92 Å². The Balaban J connectivity index is 1.84. The number of anilines is 2. The van der Waals surface area contributed by atoms with Gasteiger partial charge in [0.2, 0.25) is 0 Å². The first-order valence-electron chi connectivity index (χ1n) is 13.2.